The number of carbonyl (C=O) groups excluding carboxylic acids is 2. The van der Waals surface area contributed by atoms with Crippen molar-refractivity contribution in [1.82, 2.24) is 15.1 Å². The monoisotopic (exact) mass is 441 g/mol. The first kappa shape index (κ1) is 22.7. The van der Waals surface area contributed by atoms with Crippen LogP contribution >= 0.6 is 0 Å². The van der Waals surface area contributed by atoms with Crippen LogP contribution in [-0.4, -0.2) is 68.4 Å². The van der Waals surface area contributed by atoms with Gasteiger partial charge in [0.1, 0.15) is 9.84 Å². The summed E-state index contributed by atoms with van der Waals surface area (Å²) in [5.74, 6) is -0.794. The Morgan fingerprint density at radius 3 is 2.73 bits per heavy atom. The highest BCUT2D eigenvalue weighted by molar-refractivity contribution is 7.90. The standard InChI is InChI=1S/C20H31N3O6S/c1-3-15-18-16(13-20(14-21-19(18)25)6-10-28-11-7-20)23(22-15)8-4-9-29-17(24)5-12-30(2,26)27/h3-14H2,1-2H3,(H,21,25). The summed E-state index contributed by atoms with van der Waals surface area (Å²) in [5, 5.41) is 7.76. The molecule has 0 bridgehead atoms. The van der Waals surface area contributed by atoms with Gasteiger partial charge < -0.3 is 14.8 Å². The average molecular weight is 442 g/mol. The highest BCUT2D eigenvalue weighted by Gasteiger charge is 2.39. The first-order valence-electron chi connectivity index (χ1n) is 10.5. The number of ether oxygens (including phenoxy) is 2. The van der Waals surface area contributed by atoms with Crippen LogP contribution in [0.3, 0.4) is 0 Å². The predicted molar refractivity (Wildman–Crippen MR) is 110 cm³/mol. The number of fused-ring (bicyclic) bond motifs is 1. The van der Waals surface area contributed by atoms with Gasteiger partial charge in [-0.15, -0.1) is 0 Å². The van der Waals surface area contributed by atoms with E-state index < -0.39 is 15.8 Å². The molecule has 1 spiro atoms. The van der Waals surface area contributed by atoms with E-state index in [0.717, 1.165) is 36.9 Å². The summed E-state index contributed by atoms with van der Waals surface area (Å²) in [5.41, 5.74) is 2.41. The topological polar surface area (TPSA) is 117 Å². The highest BCUT2D eigenvalue weighted by Crippen LogP contribution is 2.37. The van der Waals surface area contributed by atoms with Crippen molar-refractivity contribution >= 4 is 21.7 Å². The van der Waals surface area contributed by atoms with Gasteiger partial charge in [-0.25, -0.2) is 8.42 Å². The second-order valence-corrected chi connectivity index (χ2v) is 10.5. The fourth-order valence-electron chi connectivity index (χ4n) is 4.10. The summed E-state index contributed by atoms with van der Waals surface area (Å²) < 4.78 is 34.9. The van der Waals surface area contributed by atoms with Crippen molar-refractivity contribution in [2.75, 3.05) is 38.4 Å². The Balaban J connectivity index is 1.66. The van der Waals surface area contributed by atoms with Gasteiger partial charge in [-0.05, 0) is 31.1 Å². The summed E-state index contributed by atoms with van der Waals surface area (Å²) in [7, 11) is -3.19. The Kier molecular flexibility index (Phi) is 7.18. The molecule has 168 valence electrons. The van der Waals surface area contributed by atoms with Crippen molar-refractivity contribution < 1.29 is 27.5 Å². The van der Waals surface area contributed by atoms with Crippen LogP contribution in [0, 0.1) is 5.41 Å². The van der Waals surface area contributed by atoms with Gasteiger partial charge in [0.15, 0.2) is 0 Å². The van der Waals surface area contributed by atoms with Crippen LogP contribution in [0.5, 0.6) is 0 Å². The maximum atomic E-state index is 12.8. The van der Waals surface area contributed by atoms with E-state index >= 15 is 0 Å². The maximum absolute atomic E-state index is 12.8. The number of nitrogens with zero attached hydrogens (tertiary/aromatic N) is 2. The molecule has 0 radical (unpaired) electrons. The molecule has 0 atom stereocenters. The van der Waals surface area contributed by atoms with E-state index in [2.05, 4.69) is 10.4 Å². The molecule has 1 amide bonds. The Labute approximate surface area is 177 Å². The minimum absolute atomic E-state index is 0.0138. The van der Waals surface area contributed by atoms with E-state index in [9.17, 15) is 18.0 Å². The van der Waals surface area contributed by atoms with Crippen molar-refractivity contribution in [2.45, 2.75) is 52.0 Å². The van der Waals surface area contributed by atoms with Crippen molar-refractivity contribution in [3.8, 4) is 0 Å². The van der Waals surface area contributed by atoms with Crippen LogP contribution in [0.2, 0.25) is 0 Å². The second kappa shape index (κ2) is 9.47. The first-order chi connectivity index (χ1) is 14.2. The number of esters is 1. The van der Waals surface area contributed by atoms with Gasteiger partial charge in [-0.1, -0.05) is 6.92 Å². The number of rotatable bonds is 8. The summed E-state index contributed by atoms with van der Waals surface area (Å²) >= 11 is 0. The molecule has 3 rings (SSSR count). The fraction of sp³-hybridized carbons (Fsp3) is 0.750. The predicted octanol–water partition coefficient (Wildman–Crippen LogP) is 0.896. The van der Waals surface area contributed by atoms with Gasteiger partial charge in [0.05, 0.1) is 35.7 Å². The smallest absolute Gasteiger partial charge is 0.306 e. The Morgan fingerprint density at radius 1 is 1.33 bits per heavy atom. The Bertz CT molecular complexity index is 887. The third kappa shape index (κ3) is 5.60. The number of aryl methyl sites for hydroxylation is 2. The number of aromatic nitrogens is 2. The molecule has 1 fully saturated rings. The lowest BCUT2D eigenvalue weighted by molar-refractivity contribution is -0.143. The lowest BCUT2D eigenvalue weighted by atomic mass is 9.76. The third-order valence-corrected chi connectivity index (χ3v) is 6.81. The molecule has 0 unspecified atom stereocenters. The molecule has 9 nitrogen and oxygen atoms in total. The van der Waals surface area contributed by atoms with E-state index in [1.165, 1.54) is 0 Å². The SMILES string of the molecule is CCc1nn(CCCOC(=O)CCS(C)(=O)=O)c2c1C(=O)NCC1(CCOCC1)C2. The zero-order valence-electron chi connectivity index (χ0n) is 17.7. The number of amides is 1. The molecule has 30 heavy (non-hydrogen) atoms. The fourth-order valence-corrected chi connectivity index (χ4v) is 4.64. The van der Waals surface area contributed by atoms with Crippen LogP contribution in [0.4, 0.5) is 0 Å². The van der Waals surface area contributed by atoms with E-state index in [1.54, 1.807) is 0 Å². The molecule has 1 aromatic rings. The van der Waals surface area contributed by atoms with Gasteiger partial charge in [0.2, 0.25) is 0 Å². The number of sulfone groups is 1. The van der Waals surface area contributed by atoms with E-state index in [0.29, 0.717) is 44.7 Å². The quantitative estimate of drug-likeness (QED) is 0.470. The van der Waals surface area contributed by atoms with Crippen LogP contribution in [0.25, 0.3) is 0 Å². The third-order valence-electron chi connectivity index (χ3n) is 5.87. The van der Waals surface area contributed by atoms with Crippen LogP contribution < -0.4 is 5.32 Å². The molecular formula is C20H31N3O6S. The minimum atomic E-state index is -3.19. The van der Waals surface area contributed by atoms with Crippen molar-refractivity contribution in [3.63, 3.8) is 0 Å². The zero-order chi connectivity index (χ0) is 21.8. The van der Waals surface area contributed by atoms with Gasteiger partial charge in [0.25, 0.3) is 5.91 Å². The summed E-state index contributed by atoms with van der Waals surface area (Å²) in [4.78, 5) is 24.5. The van der Waals surface area contributed by atoms with Crippen LogP contribution in [0.1, 0.15) is 54.4 Å². The molecule has 1 saturated heterocycles. The van der Waals surface area contributed by atoms with Crippen molar-refractivity contribution in [3.05, 3.63) is 17.0 Å². The lowest BCUT2D eigenvalue weighted by Gasteiger charge is -2.36. The maximum Gasteiger partial charge on any atom is 0.306 e. The lowest BCUT2D eigenvalue weighted by Crippen LogP contribution is -2.40. The molecule has 0 saturated carbocycles. The Morgan fingerprint density at radius 2 is 2.07 bits per heavy atom. The number of nitrogens with one attached hydrogen (secondary N) is 1. The van der Waals surface area contributed by atoms with E-state index in [4.69, 9.17) is 9.47 Å². The van der Waals surface area contributed by atoms with Gasteiger partial charge in [0, 0.05) is 39.0 Å². The van der Waals surface area contributed by atoms with Crippen LogP contribution in [-0.2, 0) is 43.5 Å². The van der Waals surface area contributed by atoms with Gasteiger partial charge in [-0.2, -0.15) is 5.10 Å². The van der Waals surface area contributed by atoms with Crippen molar-refractivity contribution in [2.24, 2.45) is 5.41 Å². The summed E-state index contributed by atoms with van der Waals surface area (Å²) in [6, 6.07) is 0. The van der Waals surface area contributed by atoms with Crippen LogP contribution in [0.15, 0.2) is 0 Å². The molecule has 2 aliphatic heterocycles. The minimum Gasteiger partial charge on any atom is -0.466 e. The Hall–Kier alpha value is -1.94. The summed E-state index contributed by atoms with van der Waals surface area (Å²) in [6.07, 6.45) is 4.73. The molecule has 1 aromatic heterocycles. The number of hydrogen-bond acceptors (Lipinski definition) is 7. The second-order valence-electron chi connectivity index (χ2n) is 8.27. The largest absolute Gasteiger partial charge is 0.466 e. The highest BCUT2D eigenvalue weighted by atomic mass is 32.2. The van der Waals surface area contributed by atoms with E-state index in [-0.39, 0.29) is 30.1 Å². The molecular weight excluding hydrogens is 410 g/mol. The van der Waals surface area contributed by atoms with E-state index in [1.807, 2.05) is 11.6 Å². The normalized spacial score (nSPS) is 18.5. The molecule has 3 heterocycles. The first-order valence-corrected chi connectivity index (χ1v) is 12.6. The molecule has 0 aromatic carbocycles. The molecule has 10 heteroatoms. The van der Waals surface area contributed by atoms with Gasteiger partial charge in [-0.3, -0.25) is 14.3 Å². The summed E-state index contributed by atoms with van der Waals surface area (Å²) in [6.45, 7) is 4.74. The zero-order valence-corrected chi connectivity index (χ0v) is 18.6. The van der Waals surface area contributed by atoms with Gasteiger partial charge >= 0.3 is 5.97 Å². The average Bonchev–Trinajstić information content (AvgIpc) is 2.98. The number of hydrogen-bond donors (Lipinski definition) is 1. The molecule has 2 aliphatic rings. The molecule has 0 aliphatic carbocycles. The van der Waals surface area contributed by atoms with Crippen molar-refractivity contribution in [1.29, 1.82) is 0 Å². The number of carbonyl (C=O) groups is 2. The molecule has 1 N–H and O–H groups in total.